The Morgan fingerprint density at radius 1 is 1.28 bits per heavy atom. The maximum Gasteiger partial charge on any atom is 0.319 e. The predicted octanol–water partition coefficient (Wildman–Crippen LogP) is 0.953. The maximum atomic E-state index is 11.5. The van der Waals surface area contributed by atoms with Crippen molar-refractivity contribution in [3.05, 3.63) is 24.3 Å². The van der Waals surface area contributed by atoms with Crippen LogP contribution in [0.4, 0.5) is 10.5 Å². The standard InChI is InChI=1S/C12H17N3O3/c1-3-18-10-7-5-4-6-9(10)15-12(17)14-8-11(16)13-2/h4-7H,3,8H2,1-2H3,(H,13,16)(H2,14,15,17). The van der Waals surface area contributed by atoms with E-state index in [0.29, 0.717) is 18.0 Å². The molecule has 0 bridgehead atoms. The van der Waals surface area contributed by atoms with E-state index in [1.807, 2.05) is 13.0 Å². The summed E-state index contributed by atoms with van der Waals surface area (Å²) >= 11 is 0. The lowest BCUT2D eigenvalue weighted by Crippen LogP contribution is -2.37. The van der Waals surface area contributed by atoms with Gasteiger partial charge in [0, 0.05) is 7.05 Å². The molecule has 0 aliphatic rings. The summed E-state index contributed by atoms with van der Waals surface area (Å²) in [5.74, 6) is 0.332. The molecular formula is C12H17N3O3. The van der Waals surface area contributed by atoms with Gasteiger partial charge in [0.15, 0.2) is 0 Å². The lowest BCUT2D eigenvalue weighted by Gasteiger charge is -2.11. The van der Waals surface area contributed by atoms with Gasteiger partial charge in [-0.3, -0.25) is 4.79 Å². The van der Waals surface area contributed by atoms with Crippen molar-refractivity contribution >= 4 is 17.6 Å². The van der Waals surface area contributed by atoms with Crippen molar-refractivity contribution < 1.29 is 14.3 Å². The number of hydrogen-bond donors (Lipinski definition) is 3. The van der Waals surface area contributed by atoms with E-state index in [1.54, 1.807) is 18.2 Å². The van der Waals surface area contributed by atoms with Crippen molar-refractivity contribution in [1.29, 1.82) is 0 Å². The number of amides is 3. The van der Waals surface area contributed by atoms with Crippen LogP contribution in [0.1, 0.15) is 6.92 Å². The highest BCUT2D eigenvalue weighted by Gasteiger charge is 2.07. The number of ether oxygens (including phenoxy) is 1. The smallest absolute Gasteiger partial charge is 0.319 e. The number of anilines is 1. The fourth-order valence-electron chi connectivity index (χ4n) is 1.27. The zero-order valence-corrected chi connectivity index (χ0v) is 10.4. The zero-order valence-electron chi connectivity index (χ0n) is 10.4. The van der Waals surface area contributed by atoms with E-state index in [2.05, 4.69) is 16.0 Å². The summed E-state index contributed by atoms with van der Waals surface area (Å²) < 4.78 is 5.36. The van der Waals surface area contributed by atoms with E-state index in [-0.39, 0.29) is 12.5 Å². The molecule has 0 aliphatic heterocycles. The Kier molecular flexibility index (Phi) is 5.50. The second-order valence-corrected chi connectivity index (χ2v) is 3.41. The van der Waals surface area contributed by atoms with Crippen molar-refractivity contribution in [2.45, 2.75) is 6.92 Å². The van der Waals surface area contributed by atoms with Crippen LogP contribution in [-0.2, 0) is 4.79 Å². The summed E-state index contributed by atoms with van der Waals surface area (Å²) in [4.78, 5) is 22.5. The quantitative estimate of drug-likeness (QED) is 0.729. The minimum absolute atomic E-state index is 0.0703. The Hall–Kier alpha value is -2.24. The highest BCUT2D eigenvalue weighted by atomic mass is 16.5. The zero-order chi connectivity index (χ0) is 13.4. The lowest BCUT2D eigenvalue weighted by molar-refractivity contribution is -0.119. The summed E-state index contributed by atoms with van der Waals surface area (Å²) in [5, 5.41) is 7.46. The van der Waals surface area contributed by atoms with Crippen LogP contribution < -0.4 is 20.7 Å². The molecule has 0 spiro atoms. The molecule has 1 aromatic rings. The molecule has 18 heavy (non-hydrogen) atoms. The van der Waals surface area contributed by atoms with E-state index in [9.17, 15) is 9.59 Å². The number of benzene rings is 1. The second-order valence-electron chi connectivity index (χ2n) is 3.41. The minimum Gasteiger partial charge on any atom is -0.492 e. The van der Waals surface area contributed by atoms with E-state index in [0.717, 1.165) is 0 Å². The number of para-hydroxylation sites is 2. The SMILES string of the molecule is CCOc1ccccc1NC(=O)NCC(=O)NC. The van der Waals surface area contributed by atoms with Crippen LogP contribution in [0.3, 0.4) is 0 Å². The van der Waals surface area contributed by atoms with Crippen LogP contribution in [0.15, 0.2) is 24.3 Å². The monoisotopic (exact) mass is 251 g/mol. The highest BCUT2D eigenvalue weighted by molar-refractivity contribution is 5.93. The number of rotatable bonds is 5. The van der Waals surface area contributed by atoms with Crippen LogP contribution in [0.25, 0.3) is 0 Å². The predicted molar refractivity (Wildman–Crippen MR) is 68.7 cm³/mol. The van der Waals surface area contributed by atoms with Gasteiger partial charge in [0.25, 0.3) is 0 Å². The largest absolute Gasteiger partial charge is 0.492 e. The molecule has 98 valence electrons. The summed E-state index contributed by atoms with van der Waals surface area (Å²) in [6.07, 6.45) is 0. The average molecular weight is 251 g/mol. The Labute approximate surface area is 106 Å². The molecule has 6 heteroatoms. The second kappa shape index (κ2) is 7.16. The highest BCUT2D eigenvalue weighted by Crippen LogP contribution is 2.23. The van der Waals surface area contributed by atoms with Crippen molar-refractivity contribution in [2.75, 3.05) is 25.5 Å². The van der Waals surface area contributed by atoms with Gasteiger partial charge in [0.05, 0.1) is 18.8 Å². The molecule has 0 fully saturated rings. The van der Waals surface area contributed by atoms with Gasteiger partial charge < -0.3 is 20.7 Å². The van der Waals surface area contributed by atoms with Gasteiger partial charge in [0.2, 0.25) is 5.91 Å². The van der Waals surface area contributed by atoms with Gasteiger partial charge in [-0.15, -0.1) is 0 Å². The maximum absolute atomic E-state index is 11.5. The van der Waals surface area contributed by atoms with Gasteiger partial charge in [-0.25, -0.2) is 4.79 Å². The minimum atomic E-state index is -0.453. The van der Waals surface area contributed by atoms with Crippen molar-refractivity contribution in [2.24, 2.45) is 0 Å². The Morgan fingerprint density at radius 3 is 2.67 bits per heavy atom. The number of carbonyl (C=O) groups excluding carboxylic acids is 2. The van der Waals surface area contributed by atoms with Crippen LogP contribution in [0, 0.1) is 0 Å². The van der Waals surface area contributed by atoms with Gasteiger partial charge >= 0.3 is 6.03 Å². The molecular weight excluding hydrogens is 234 g/mol. The Balaban J connectivity index is 2.56. The van der Waals surface area contributed by atoms with Crippen LogP contribution in [0.5, 0.6) is 5.75 Å². The Morgan fingerprint density at radius 2 is 2.00 bits per heavy atom. The molecule has 0 saturated carbocycles. The first-order valence-electron chi connectivity index (χ1n) is 5.64. The van der Waals surface area contributed by atoms with Gasteiger partial charge in [-0.2, -0.15) is 0 Å². The van der Waals surface area contributed by atoms with Crippen LogP contribution in [-0.4, -0.2) is 32.1 Å². The van der Waals surface area contributed by atoms with E-state index in [1.165, 1.54) is 7.05 Å². The van der Waals surface area contributed by atoms with Crippen LogP contribution in [0.2, 0.25) is 0 Å². The molecule has 0 atom stereocenters. The molecule has 3 amide bonds. The molecule has 1 aromatic carbocycles. The number of likely N-dealkylation sites (N-methyl/N-ethyl adjacent to an activating group) is 1. The van der Waals surface area contributed by atoms with Crippen molar-refractivity contribution in [3.63, 3.8) is 0 Å². The first-order chi connectivity index (χ1) is 8.67. The average Bonchev–Trinajstić information content (AvgIpc) is 2.38. The number of hydrogen-bond acceptors (Lipinski definition) is 3. The van der Waals surface area contributed by atoms with Gasteiger partial charge in [-0.05, 0) is 19.1 Å². The Bertz CT molecular complexity index is 421. The number of nitrogens with one attached hydrogen (secondary N) is 3. The third-order valence-electron chi connectivity index (χ3n) is 2.12. The number of urea groups is 1. The molecule has 1 rings (SSSR count). The fraction of sp³-hybridized carbons (Fsp3) is 0.333. The molecule has 0 aliphatic carbocycles. The molecule has 3 N–H and O–H groups in total. The molecule has 0 aromatic heterocycles. The van der Waals surface area contributed by atoms with Crippen molar-refractivity contribution in [3.8, 4) is 5.75 Å². The lowest BCUT2D eigenvalue weighted by atomic mass is 10.3. The first kappa shape index (κ1) is 13.8. The normalized spacial score (nSPS) is 9.44. The summed E-state index contributed by atoms with van der Waals surface area (Å²) in [6, 6.07) is 6.64. The topological polar surface area (TPSA) is 79.5 Å². The summed E-state index contributed by atoms with van der Waals surface area (Å²) in [6.45, 7) is 2.31. The molecule has 0 unspecified atom stereocenters. The van der Waals surface area contributed by atoms with E-state index >= 15 is 0 Å². The third-order valence-corrected chi connectivity index (χ3v) is 2.12. The van der Waals surface area contributed by atoms with E-state index in [4.69, 9.17) is 4.74 Å². The molecule has 0 radical (unpaired) electrons. The van der Waals surface area contributed by atoms with Crippen LogP contribution >= 0.6 is 0 Å². The third kappa shape index (κ3) is 4.32. The summed E-state index contributed by atoms with van der Waals surface area (Å²) in [5.41, 5.74) is 0.564. The number of carbonyl (C=O) groups is 2. The fourth-order valence-corrected chi connectivity index (χ4v) is 1.27. The van der Waals surface area contributed by atoms with Crippen molar-refractivity contribution in [1.82, 2.24) is 10.6 Å². The molecule has 0 saturated heterocycles. The molecule has 0 heterocycles. The molecule has 6 nitrogen and oxygen atoms in total. The van der Waals surface area contributed by atoms with E-state index < -0.39 is 6.03 Å². The summed E-state index contributed by atoms with van der Waals surface area (Å²) in [7, 11) is 1.51. The first-order valence-corrected chi connectivity index (χ1v) is 5.64. The van der Waals surface area contributed by atoms with Gasteiger partial charge in [0.1, 0.15) is 5.75 Å². The van der Waals surface area contributed by atoms with Gasteiger partial charge in [-0.1, -0.05) is 12.1 Å².